The number of amides is 1. The molecule has 0 bridgehead atoms. The van der Waals surface area contributed by atoms with Crippen molar-refractivity contribution >= 4 is 22.7 Å². The molecule has 7 heteroatoms. The van der Waals surface area contributed by atoms with E-state index < -0.39 is 23.5 Å². The lowest BCUT2D eigenvalue weighted by Crippen LogP contribution is -2.39. The van der Waals surface area contributed by atoms with Gasteiger partial charge in [0.15, 0.2) is 11.5 Å². The number of ketones is 1. The van der Waals surface area contributed by atoms with Crippen molar-refractivity contribution in [3.63, 3.8) is 0 Å². The highest BCUT2D eigenvalue weighted by Crippen LogP contribution is 2.39. The van der Waals surface area contributed by atoms with Gasteiger partial charge in [-0.25, -0.2) is 0 Å². The Bertz CT molecular complexity index is 1240. The molecule has 2 aliphatic heterocycles. The van der Waals surface area contributed by atoms with E-state index in [9.17, 15) is 14.7 Å². The summed E-state index contributed by atoms with van der Waals surface area (Å²) in [4.78, 5) is 30.6. The maximum Gasteiger partial charge on any atom is 0.290 e. The predicted octanol–water partition coefficient (Wildman–Crippen LogP) is 4.04. The van der Waals surface area contributed by atoms with Crippen LogP contribution in [0.5, 0.6) is 0 Å². The molecular weight excluding hydrogens is 432 g/mol. The van der Waals surface area contributed by atoms with Crippen molar-refractivity contribution in [1.29, 1.82) is 0 Å². The monoisotopic (exact) mass is 460 g/mol. The summed E-state index contributed by atoms with van der Waals surface area (Å²) >= 11 is 0. The minimum absolute atomic E-state index is 0.0679. The Morgan fingerprint density at radius 2 is 1.82 bits per heavy atom. The number of aliphatic hydroxyl groups is 1. The summed E-state index contributed by atoms with van der Waals surface area (Å²) in [6.07, 6.45) is 0.730. The number of morpholine rings is 1. The summed E-state index contributed by atoms with van der Waals surface area (Å²) in [5, 5.41) is 11.7. The number of hydrogen-bond donors (Lipinski definition) is 1. The molecule has 0 radical (unpaired) electrons. The Balaban J connectivity index is 1.44. The van der Waals surface area contributed by atoms with Gasteiger partial charge in [-0.3, -0.25) is 14.5 Å². The average molecular weight is 461 g/mol. The molecule has 34 heavy (non-hydrogen) atoms. The lowest BCUT2D eigenvalue weighted by molar-refractivity contribution is -0.129. The summed E-state index contributed by atoms with van der Waals surface area (Å²) in [6, 6.07) is 16.1. The van der Waals surface area contributed by atoms with E-state index in [4.69, 9.17) is 9.15 Å². The first-order chi connectivity index (χ1) is 16.5. The number of aryl methyl sites for hydroxylation is 1. The van der Waals surface area contributed by atoms with E-state index in [0.29, 0.717) is 25.3 Å². The van der Waals surface area contributed by atoms with E-state index in [1.807, 2.05) is 55.5 Å². The summed E-state index contributed by atoms with van der Waals surface area (Å²) in [6.45, 7) is 6.39. The lowest BCUT2D eigenvalue weighted by Gasteiger charge is -2.29. The Kier molecular flexibility index (Phi) is 6.22. The maximum atomic E-state index is 13.6. The fraction of sp³-hybridized carbons (Fsp3) is 0.333. The van der Waals surface area contributed by atoms with Crippen molar-refractivity contribution in [2.75, 3.05) is 39.4 Å². The second-order valence-electron chi connectivity index (χ2n) is 8.86. The van der Waals surface area contributed by atoms with Gasteiger partial charge in [-0.1, -0.05) is 42.0 Å². The van der Waals surface area contributed by atoms with Crippen LogP contribution in [0.3, 0.4) is 0 Å². The van der Waals surface area contributed by atoms with Crippen LogP contribution in [0.1, 0.15) is 34.1 Å². The molecule has 0 saturated carbocycles. The first-order valence-electron chi connectivity index (χ1n) is 11.7. The third-order valence-corrected chi connectivity index (χ3v) is 6.54. The summed E-state index contributed by atoms with van der Waals surface area (Å²) in [5.41, 5.74) is 2.50. The molecule has 5 rings (SSSR count). The number of carbonyl (C=O) groups is 2. The minimum Gasteiger partial charge on any atom is -0.503 e. The molecule has 176 valence electrons. The third-order valence-electron chi connectivity index (χ3n) is 6.54. The number of ether oxygens (including phenoxy) is 1. The van der Waals surface area contributed by atoms with Gasteiger partial charge in [0.25, 0.3) is 5.91 Å². The molecule has 0 spiro atoms. The number of rotatable bonds is 7. The fourth-order valence-corrected chi connectivity index (χ4v) is 4.79. The number of aliphatic hydroxyl groups excluding tert-OH is 1. The van der Waals surface area contributed by atoms with Gasteiger partial charge in [-0.15, -0.1) is 0 Å². The minimum atomic E-state index is -0.666. The predicted molar refractivity (Wildman–Crippen MR) is 128 cm³/mol. The number of carbonyl (C=O) groups excluding carboxylic acids is 2. The number of nitrogens with zero attached hydrogens (tertiary/aromatic N) is 2. The second-order valence-corrected chi connectivity index (χ2v) is 8.86. The van der Waals surface area contributed by atoms with Gasteiger partial charge < -0.3 is 19.2 Å². The van der Waals surface area contributed by atoms with E-state index >= 15 is 0 Å². The van der Waals surface area contributed by atoms with E-state index in [2.05, 4.69) is 4.90 Å². The van der Waals surface area contributed by atoms with Gasteiger partial charge in [0.2, 0.25) is 5.78 Å². The van der Waals surface area contributed by atoms with Crippen LogP contribution >= 0.6 is 0 Å². The number of benzene rings is 2. The van der Waals surface area contributed by atoms with Crippen molar-refractivity contribution in [2.45, 2.75) is 19.4 Å². The van der Waals surface area contributed by atoms with Gasteiger partial charge in [0.05, 0.1) is 24.8 Å². The highest BCUT2D eigenvalue weighted by atomic mass is 16.5. The Labute approximate surface area is 198 Å². The third kappa shape index (κ3) is 4.24. The van der Waals surface area contributed by atoms with E-state index in [1.54, 1.807) is 11.0 Å². The Hall–Kier alpha value is -3.42. The zero-order chi connectivity index (χ0) is 23.7. The highest BCUT2D eigenvalue weighted by Gasteiger charge is 2.44. The molecule has 1 unspecified atom stereocenters. The largest absolute Gasteiger partial charge is 0.503 e. The fourth-order valence-electron chi connectivity index (χ4n) is 4.79. The molecule has 0 aliphatic carbocycles. The molecule has 2 aliphatic rings. The van der Waals surface area contributed by atoms with Crippen molar-refractivity contribution in [1.82, 2.24) is 9.80 Å². The quantitative estimate of drug-likeness (QED) is 0.536. The van der Waals surface area contributed by atoms with Crippen LogP contribution in [0.2, 0.25) is 0 Å². The number of fused-ring (bicyclic) bond motifs is 1. The highest BCUT2D eigenvalue weighted by molar-refractivity contribution is 6.16. The normalized spacial score (nSPS) is 19.4. The van der Waals surface area contributed by atoms with Crippen LogP contribution in [-0.4, -0.2) is 66.0 Å². The van der Waals surface area contributed by atoms with Gasteiger partial charge >= 0.3 is 0 Å². The van der Waals surface area contributed by atoms with E-state index in [-0.39, 0.29) is 11.3 Å². The molecule has 3 aromatic rings. The molecule has 1 saturated heterocycles. The topological polar surface area (TPSA) is 83.2 Å². The van der Waals surface area contributed by atoms with E-state index in [0.717, 1.165) is 42.6 Å². The van der Waals surface area contributed by atoms with Gasteiger partial charge in [0, 0.05) is 31.6 Å². The molecule has 7 nitrogen and oxygen atoms in total. The second kappa shape index (κ2) is 9.44. The maximum absolute atomic E-state index is 13.6. The van der Waals surface area contributed by atoms with Gasteiger partial charge in [0.1, 0.15) is 5.58 Å². The smallest absolute Gasteiger partial charge is 0.290 e. The summed E-state index contributed by atoms with van der Waals surface area (Å²) in [7, 11) is 0. The SMILES string of the molecule is Cc1ccc2oc(C(=O)C3=C(O)C(=O)N(CCCN4CCOCC4)C3c3ccccc3)cc2c1. The lowest BCUT2D eigenvalue weighted by atomic mass is 9.95. The van der Waals surface area contributed by atoms with Crippen LogP contribution in [0.15, 0.2) is 70.3 Å². The van der Waals surface area contributed by atoms with Crippen molar-refractivity contribution < 1.29 is 23.8 Å². The molecule has 1 fully saturated rings. The van der Waals surface area contributed by atoms with Gasteiger partial charge in [-0.05, 0) is 37.1 Å². The Morgan fingerprint density at radius 3 is 2.59 bits per heavy atom. The Morgan fingerprint density at radius 1 is 1.06 bits per heavy atom. The molecule has 3 heterocycles. The molecule has 1 amide bonds. The van der Waals surface area contributed by atoms with Crippen LogP contribution < -0.4 is 0 Å². The molecule has 1 N–H and O–H groups in total. The van der Waals surface area contributed by atoms with Crippen molar-refractivity contribution in [2.24, 2.45) is 0 Å². The van der Waals surface area contributed by atoms with Crippen molar-refractivity contribution in [3.05, 3.63) is 82.8 Å². The zero-order valence-corrected chi connectivity index (χ0v) is 19.2. The molecule has 2 aromatic carbocycles. The first-order valence-corrected chi connectivity index (χ1v) is 11.7. The first kappa shape index (κ1) is 22.4. The molecule has 1 aromatic heterocycles. The van der Waals surface area contributed by atoms with Crippen LogP contribution in [0, 0.1) is 6.92 Å². The zero-order valence-electron chi connectivity index (χ0n) is 19.2. The van der Waals surface area contributed by atoms with Gasteiger partial charge in [-0.2, -0.15) is 0 Å². The number of hydrogen-bond acceptors (Lipinski definition) is 6. The van der Waals surface area contributed by atoms with Crippen LogP contribution in [0.4, 0.5) is 0 Å². The van der Waals surface area contributed by atoms with Crippen LogP contribution in [0.25, 0.3) is 11.0 Å². The average Bonchev–Trinajstić information content (AvgIpc) is 3.39. The van der Waals surface area contributed by atoms with E-state index in [1.165, 1.54) is 0 Å². The molecule has 1 atom stereocenters. The summed E-state index contributed by atoms with van der Waals surface area (Å²) < 4.78 is 11.2. The van der Waals surface area contributed by atoms with Crippen molar-refractivity contribution in [3.8, 4) is 0 Å². The summed E-state index contributed by atoms with van der Waals surface area (Å²) in [5.74, 6) is -1.37. The standard InChI is InChI=1S/C27H28N2O5/c1-18-8-9-21-20(16-18)17-22(34-21)25(30)23-24(19-6-3-2-4-7-19)29(27(32)26(23)31)11-5-10-28-12-14-33-15-13-28/h2-4,6-9,16-17,24,31H,5,10-15H2,1H3. The molecular formula is C27H28N2O5. The number of Topliss-reactive ketones (excluding diaryl/α,β-unsaturated/α-hetero) is 1. The van der Waals surface area contributed by atoms with Crippen LogP contribution in [-0.2, 0) is 9.53 Å². The number of furan rings is 1.